The summed E-state index contributed by atoms with van der Waals surface area (Å²) in [6.45, 7) is 6.11. The molecule has 1 aliphatic rings. The fourth-order valence-electron chi connectivity index (χ4n) is 4.34. The number of aromatic nitrogens is 1. The Balaban J connectivity index is 1.37. The third-order valence-corrected chi connectivity index (χ3v) is 5.98. The molecule has 1 aliphatic heterocycles. The number of nitrogens with one attached hydrogen (secondary N) is 1. The number of benzene rings is 2. The second kappa shape index (κ2) is 7.59. The normalized spacial score (nSPS) is 15.4. The van der Waals surface area contributed by atoms with Gasteiger partial charge in [0.2, 0.25) is 5.91 Å². The van der Waals surface area contributed by atoms with Crippen molar-refractivity contribution < 1.29 is 4.79 Å². The third-order valence-electron chi connectivity index (χ3n) is 5.98. The molecule has 1 aromatic heterocycles. The summed E-state index contributed by atoms with van der Waals surface area (Å²) in [6, 6.07) is 16.9. The molecular formula is C24H28N2O. The number of nitrogens with zero attached hydrogens (tertiary/aromatic N) is 1. The van der Waals surface area contributed by atoms with Gasteiger partial charge < -0.3 is 9.88 Å². The summed E-state index contributed by atoms with van der Waals surface area (Å²) in [5, 5.41) is 1.34. The first kappa shape index (κ1) is 17.8. The van der Waals surface area contributed by atoms with E-state index in [-0.39, 0.29) is 0 Å². The van der Waals surface area contributed by atoms with Crippen molar-refractivity contribution in [1.82, 2.24) is 9.88 Å². The fraction of sp³-hybridized carbons (Fsp3) is 0.375. The number of H-pyrrole nitrogens is 1. The summed E-state index contributed by atoms with van der Waals surface area (Å²) in [5.74, 6) is 0.817. The minimum absolute atomic E-state index is 0.293. The number of fused-ring (bicyclic) bond motifs is 1. The van der Waals surface area contributed by atoms with Gasteiger partial charge in [-0.2, -0.15) is 0 Å². The van der Waals surface area contributed by atoms with Gasteiger partial charge in [0, 0.05) is 42.0 Å². The molecule has 1 fully saturated rings. The Bertz CT molecular complexity index is 934. The zero-order valence-corrected chi connectivity index (χ0v) is 16.3. The fourth-order valence-corrected chi connectivity index (χ4v) is 4.34. The van der Waals surface area contributed by atoms with E-state index in [1.807, 2.05) is 18.2 Å². The predicted octanol–water partition coefficient (Wildman–Crippen LogP) is 5.12. The summed E-state index contributed by atoms with van der Waals surface area (Å²) >= 11 is 0. The average Bonchev–Trinajstić information content (AvgIpc) is 3.03. The molecule has 3 heteroatoms. The van der Waals surface area contributed by atoms with Crippen LogP contribution < -0.4 is 0 Å². The van der Waals surface area contributed by atoms with Crippen LogP contribution in [0.25, 0.3) is 10.9 Å². The molecule has 0 atom stereocenters. The lowest BCUT2D eigenvalue weighted by Gasteiger charge is -2.32. The van der Waals surface area contributed by atoms with Gasteiger partial charge in [-0.25, -0.2) is 0 Å². The Morgan fingerprint density at radius 1 is 1.07 bits per heavy atom. The SMILES string of the molecule is Cc1ccc2[nH]c(C3CCN(C(=O)CCc4ccccc4)CC3)c(C)c2c1. The maximum Gasteiger partial charge on any atom is 0.222 e. The average molecular weight is 361 g/mol. The molecular weight excluding hydrogens is 332 g/mol. The van der Waals surface area contributed by atoms with E-state index in [0.29, 0.717) is 18.2 Å². The van der Waals surface area contributed by atoms with Gasteiger partial charge in [-0.15, -0.1) is 0 Å². The van der Waals surface area contributed by atoms with Crippen molar-refractivity contribution in [2.75, 3.05) is 13.1 Å². The molecule has 0 unspecified atom stereocenters. The van der Waals surface area contributed by atoms with Crippen molar-refractivity contribution in [1.29, 1.82) is 0 Å². The van der Waals surface area contributed by atoms with Gasteiger partial charge in [0.25, 0.3) is 0 Å². The van der Waals surface area contributed by atoms with Crippen LogP contribution in [-0.4, -0.2) is 28.9 Å². The summed E-state index contributed by atoms with van der Waals surface area (Å²) in [7, 11) is 0. The Morgan fingerprint density at radius 3 is 2.56 bits per heavy atom. The van der Waals surface area contributed by atoms with Crippen molar-refractivity contribution in [3.05, 3.63) is 70.9 Å². The van der Waals surface area contributed by atoms with Crippen LogP contribution in [0.2, 0.25) is 0 Å². The molecule has 2 heterocycles. The Hall–Kier alpha value is -2.55. The van der Waals surface area contributed by atoms with Gasteiger partial charge in [0.05, 0.1) is 0 Å². The highest BCUT2D eigenvalue weighted by molar-refractivity contribution is 5.85. The highest BCUT2D eigenvalue weighted by atomic mass is 16.2. The zero-order valence-electron chi connectivity index (χ0n) is 16.3. The summed E-state index contributed by atoms with van der Waals surface area (Å²) in [4.78, 5) is 18.3. The van der Waals surface area contributed by atoms with Crippen molar-refractivity contribution in [2.24, 2.45) is 0 Å². The molecule has 0 aliphatic carbocycles. The molecule has 0 spiro atoms. The summed E-state index contributed by atoms with van der Waals surface area (Å²) in [6.07, 6.45) is 3.53. The standard InChI is InChI=1S/C24H28N2O/c1-17-8-10-22-21(16-17)18(2)24(25-22)20-12-14-26(15-13-20)23(27)11-9-19-6-4-3-5-7-19/h3-8,10,16,20,25H,9,11-15H2,1-2H3. The smallest absolute Gasteiger partial charge is 0.222 e. The first-order valence-electron chi connectivity index (χ1n) is 10.0. The number of amides is 1. The number of carbonyl (C=O) groups excluding carboxylic acids is 1. The Labute approximate surface area is 161 Å². The first-order valence-corrected chi connectivity index (χ1v) is 10.0. The van der Waals surface area contributed by atoms with Crippen LogP contribution in [-0.2, 0) is 11.2 Å². The highest BCUT2D eigenvalue weighted by Crippen LogP contribution is 2.34. The van der Waals surface area contributed by atoms with Crippen molar-refractivity contribution >= 4 is 16.8 Å². The molecule has 0 bridgehead atoms. The van der Waals surface area contributed by atoms with Gasteiger partial charge in [0.1, 0.15) is 0 Å². The van der Waals surface area contributed by atoms with E-state index >= 15 is 0 Å². The van der Waals surface area contributed by atoms with E-state index < -0.39 is 0 Å². The number of aromatic amines is 1. The molecule has 2 aromatic carbocycles. The van der Waals surface area contributed by atoms with E-state index in [4.69, 9.17) is 0 Å². The van der Waals surface area contributed by atoms with E-state index in [9.17, 15) is 4.79 Å². The molecule has 4 rings (SSSR count). The maximum absolute atomic E-state index is 12.6. The molecule has 1 amide bonds. The number of rotatable bonds is 4. The topological polar surface area (TPSA) is 36.1 Å². The number of aryl methyl sites for hydroxylation is 3. The van der Waals surface area contributed by atoms with Crippen LogP contribution >= 0.6 is 0 Å². The minimum Gasteiger partial charge on any atom is -0.358 e. The lowest BCUT2D eigenvalue weighted by atomic mass is 9.91. The number of carbonyl (C=O) groups is 1. The van der Waals surface area contributed by atoms with Crippen LogP contribution in [0.3, 0.4) is 0 Å². The van der Waals surface area contributed by atoms with Crippen LogP contribution in [0.4, 0.5) is 0 Å². The van der Waals surface area contributed by atoms with E-state index in [1.54, 1.807) is 0 Å². The lowest BCUT2D eigenvalue weighted by molar-refractivity contribution is -0.132. The maximum atomic E-state index is 12.6. The molecule has 0 radical (unpaired) electrons. The molecule has 3 aromatic rings. The second-order valence-corrected chi connectivity index (χ2v) is 7.85. The van der Waals surface area contributed by atoms with Crippen LogP contribution in [0, 0.1) is 13.8 Å². The number of hydrogen-bond acceptors (Lipinski definition) is 1. The molecule has 0 saturated carbocycles. The van der Waals surface area contributed by atoms with Gasteiger partial charge in [-0.05, 0) is 56.4 Å². The monoisotopic (exact) mass is 360 g/mol. The number of hydrogen-bond donors (Lipinski definition) is 1. The molecule has 140 valence electrons. The first-order chi connectivity index (χ1) is 13.1. The summed E-state index contributed by atoms with van der Waals surface area (Å²) in [5.41, 5.74) is 6.52. The number of likely N-dealkylation sites (tertiary alicyclic amines) is 1. The quantitative estimate of drug-likeness (QED) is 0.688. The lowest BCUT2D eigenvalue weighted by Crippen LogP contribution is -2.38. The van der Waals surface area contributed by atoms with Crippen LogP contribution in [0.1, 0.15) is 47.6 Å². The third kappa shape index (κ3) is 3.78. The second-order valence-electron chi connectivity index (χ2n) is 7.85. The molecule has 1 N–H and O–H groups in total. The molecule has 3 nitrogen and oxygen atoms in total. The van der Waals surface area contributed by atoms with Crippen molar-refractivity contribution in [3.8, 4) is 0 Å². The van der Waals surface area contributed by atoms with Crippen molar-refractivity contribution in [2.45, 2.75) is 45.4 Å². The van der Waals surface area contributed by atoms with Gasteiger partial charge in [-0.3, -0.25) is 4.79 Å². The van der Waals surface area contributed by atoms with Crippen LogP contribution in [0.5, 0.6) is 0 Å². The molecule has 1 saturated heterocycles. The Morgan fingerprint density at radius 2 is 1.81 bits per heavy atom. The Kier molecular flexibility index (Phi) is 5.02. The largest absolute Gasteiger partial charge is 0.358 e. The van der Waals surface area contributed by atoms with Gasteiger partial charge >= 0.3 is 0 Å². The number of piperidine rings is 1. The van der Waals surface area contributed by atoms with E-state index in [0.717, 1.165) is 32.4 Å². The van der Waals surface area contributed by atoms with Gasteiger partial charge in [-0.1, -0.05) is 42.0 Å². The van der Waals surface area contributed by atoms with Crippen LogP contribution in [0.15, 0.2) is 48.5 Å². The van der Waals surface area contributed by atoms with Gasteiger partial charge in [0.15, 0.2) is 0 Å². The van der Waals surface area contributed by atoms with E-state index in [1.165, 1.54) is 33.3 Å². The minimum atomic E-state index is 0.293. The summed E-state index contributed by atoms with van der Waals surface area (Å²) < 4.78 is 0. The van der Waals surface area contributed by atoms with E-state index in [2.05, 4.69) is 54.1 Å². The highest BCUT2D eigenvalue weighted by Gasteiger charge is 2.26. The zero-order chi connectivity index (χ0) is 18.8. The van der Waals surface area contributed by atoms with Crippen molar-refractivity contribution in [3.63, 3.8) is 0 Å². The predicted molar refractivity (Wildman–Crippen MR) is 111 cm³/mol. The molecule has 27 heavy (non-hydrogen) atoms.